The van der Waals surface area contributed by atoms with Crippen LogP contribution in [0.2, 0.25) is 0 Å². The molecule has 3 rings (SSSR count). The molecular formula is C18H30N2. The smallest absolute Gasteiger partial charge is 0.0500 e. The third-order valence-corrected chi connectivity index (χ3v) is 5.83. The molecule has 0 atom stereocenters. The molecule has 0 unspecified atom stereocenters. The summed E-state index contributed by atoms with van der Waals surface area (Å²) in [5.41, 5.74) is 2.88. The lowest BCUT2D eigenvalue weighted by Gasteiger charge is -2.30. The molecule has 3 aliphatic carbocycles. The molecule has 0 radical (unpaired) electrons. The molecule has 0 heterocycles. The number of aliphatic imine (C=N–C) groups is 2. The molecule has 0 aromatic rings. The predicted molar refractivity (Wildman–Crippen MR) is 86.9 cm³/mol. The molecule has 0 bridgehead atoms. The monoisotopic (exact) mass is 274 g/mol. The van der Waals surface area contributed by atoms with Gasteiger partial charge in [0.05, 0.1) is 12.1 Å². The van der Waals surface area contributed by atoms with Crippen LogP contribution in [-0.4, -0.2) is 23.5 Å². The molecule has 0 N–H and O–H groups in total. The van der Waals surface area contributed by atoms with Crippen LogP contribution in [0.4, 0.5) is 0 Å². The highest BCUT2D eigenvalue weighted by Gasteiger charge is 2.25. The SMILES string of the molecule is CC(=NC1CCC(N=C(C)C2CCC2)CC1)C1CCC1. The number of hydrogen-bond donors (Lipinski definition) is 0. The Morgan fingerprint density at radius 1 is 0.600 bits per heavy atom. The van der Waals surface area contributed by atoms with Gasteiger partial charge in [-0.15, -0.1) is 0 Å². The second-order valence-electron chi connectivity index (χ2n) is 7.26. The maximum absolute atomic E-state index is 5.00. The second kappa shape index (κ2) is 6.41. The molecule has 0 aromatic carbocycles. The van der Waals surface area contributed by atoms with Crippen LogP contribution in [0.5, 0.6) is 0 Å². The molecule has 2 nitrogen and oxygen atoms in total. The first-order valence-electron chi connectivity index (χ1n) is 8.81. The third kappa shape index (κ3) is 3.32. The largest absolute Gasteiger partial charge is 0.291 e. The van der Waals surface area contributed by atoms with Gasteiger partial charge in [-0.1, -0.05) is 12.8 Å². The average Bonchev–Trinajstić information content (AvgIpc) is 2.26. The summed E-state index contributed by atoms with van der Waals surface area (Å²) >= 11 is 0. The van der Waals surface area contributed by atoms with Crippen molar-refractivity contribution in [1.29, 1.82) is 0 Å². The van der Waals surface area contributed by atoms with Crippen LogP contribution in [0, 0.1) is 11.8 Å². The highest BCUT2D eigenvalue weighted by atomic mass is 14.8. The van der Waals surface area contributed by atoms with Crippen LogP contribution in [0.1, 0.15) is 78.1 Å². The molecule has 0 aliphatic heterocycles. The molecular weight excluding hydrogens is 244 g/mol. The van der Waals surface area contributed by atoms with E-state index in [0.29, 0.717) is 12.1 Å². The van der Waals surface area contributed by atoms with Crippen molar-refractivity contribution in [1.82, 2.24) is 0 Å². The Morgan fingerprint density at radius 2 is 0.950 bits per heavy atom. The fourth-order valence-corrected chi connectivity index (χ4v) is 3.76. The second-order valence-corrected chi connectivity index (χ2v) is 7.26. The maximum Gasteiger partial charge on any atom is 0.0500 e. The summed E-state index contributed by atoms with van der Waals surface area (Å²) < 4.78 is 0. The van der Waals surface area contributed by atoms with Crippen molar-refractivity contribution in [3.05, 3.63) is 0 Å². The highest BCUT2D eigenvalue weighted by molar-refractivity contribution is 5.85. The van der Waals surface area contributed by atoms with Gasteiger partial charge in [0, 0.05) is 11.4 Å². The topological polar surface area (TPSA) is 24.7 Å². The minimum absolute atomic E-state index is 0.603. The summed E-state index contributed by atoms with van der Waals surface area (Å²) in [7, 11) is 0. The Balaban J connectivity index is 1.46. The van der Waals surface area contributed by atoms with Crippen LogP contribution in [0.3, 0.4) is 0 Å². The van der Waals surface area contributed by atoms with E-state index in [-0.39, 0.29) is 0 Å². The van der Waals surface area contributed by atoms with Crippen molar-refractivity contribution in [2.75, 3.05) is 0 Å². The van der Waals surface area contributed by atoms with Gasteiger partial charge in [0.15, 0.2) is 0 Å². The van der Waals surface area contributed by atoms with Crippen LogP contribution in [0.15, 0.2) is 9.98 Å². The lowest BCUT2D eigenvalue weighted by atomic mass is 9.81. The van der Waals surface area contributed by atoms with E-state index < -0.39 is 0 Å². The normalized spacial score (nSPS) is 33.7. The van der Waals surface area contributed by atoms with Gasteiger partial charge in [0.1, 0.15) is 0 Å². The zero-order valence-corrected chi connectivity index (χ0v) is 13.3. The molecule has 2 heteroatoms. The lowest BCUT2D eigenvalue weighted by Crippen LogP contribution is -2.26. The standard InChI is InChI=1S/C18H30N2/c1-13(15-5-3-6-15)19-17-9-11-18(12-10-17)20-14(2)16-7-4-8-16/h15-18H,3-12H2,1-2H3. The van der Waals surface area contributed by atoms with Gasteiger partial charge in [0.25, 0.3) is 0 Å². The zero-order chi connectivity index (χ0) is 13.9. The summed E-state index contributed by atoms with van der Waals surface area (Å²) in [5.74, 6) is 1.65. The van der Waals surface area contributed by atoms with Crippen molar-refractivity contribution < 1.29 is 0 Å². The van der Waals surface area contributed by atoms with E-state index >= 15 is 0 Å². The summed E-state index contributed by atoms with van der Waals surface area (Å²) in [6.07, 6.45) is 13.4. The van der Waals surface area contributed by atoms with E-state index in [4.69, 9.17) is 9.98 Å². The average molecular weight is 274 g/mol. The van der Waals surface area contributed by atoms with Gasteiger partial charge < -0.3 is 0 Å². The Hall–Kier alpha value is -0.660. The fraction of sp³-hybridized carbons (Fsp3) is 0.889. The van der Waals surface area contributed by atoms with E-state index in [2.05, 4.69) is 13.8 Å². The first-order valence-corrected chi connectivity index (χ1v) is 8.81. The number of rotatable bonds is 4. The van der Waals surface area contributed by atoms with Crippen LogP contribution in [0.25, 0.3) is 0 Å². The van der Waals surface area contributed by atoms with Crippen molar-refractivity contribution in [3.8, 4) is 0 Å². The summed E-state index contributed by atoms with van der Waals surface area (Å²) in [6.45, 7) is 4.52. The Labute approximate surface area is 124 Å². The summed E-state index contributed by atoms with van der Waals surface area (Å²) in [5, 5.41) is 0. The lowest BCUT2D eigenvalue weighted by molar-refractivity contribution is 0.376. The van der Waals surface area contributed by atoms with Gasteiger partial charge in [-0.25, -0.2) is 0 Å². The van der Waals surface area contributed by atoms with E-state index in [1.807, 2.05) is 0 Å². The molecule has 0 aromatic heterocycles. The molecule has 112 valence electrons. The van der Waals surface area contributed by atoms with E-state index in [1.165, 1.54) is 75.6 Å². The Morgan fingerprint density at radius 3 is 1.20 bits per heavy atom. The first-order chi connectivity index (χ1) is 9.72. The van der Waals surface area contributed by atoms with Gasteiger partial charge in [-0.2, -0.15) is 0 Å². The Kier molecular flexibility index (Phi) is 4.58. The van der Waals surface area contributed by atoms with Crippen LogP contribution >= 0.6 is 0 Å². The third-order valence-electron chi connectivity index (χ3n) is 5.83. The highest BCUT2D eigenvalue weighted by Crippen LogP contribution is 2.31. The van der Waals surface area contributed by atoms with Crippen molar-refractivity contribution in [3.63, 3.8) is 0 Å². The first kappa shape index (κ1) is 14.3. The molecule has 0 amide bonds. The number of hydrogen-bond acceptors (Lipinski definition) is 2. The number of nitrogens with zero attached hydrogens (tertiary/aromatic N) is 2. The summed E-state index contributed by atoms with van der Waals surface area (Å²) in [6, 6.07) is 1.21. The summed E-state index contributed by atoms with van der Waals surface area (Å²) in [4.78, 5) is 10.0. The van der Waals surface area contributed by atoms with Gasteiger partial charge in [-0.3, -0.25) is 9.98 Å². The molecule has 3 aliphatic rings. The van der Waals surface area contributed by atoms with Crippen molar-refractivity contribution >= 4 is 11.4 Å². The van der Waals surface area contributed by atoms with Gasteiger partial charge in [0.2, 0.25) is 0 Å². The van der Waals surface area contributed by atoms with Crippen molar-refractivity contribution in [2.24, 2.45) is 21.8 Å². The van der Waals surface area contributed by atoms with Crippen molar-refractivity contribution in [2.45, 2.75) is 90.1 Å². The van der Waals surface area contributed by atoms with Crippen LogP contribution in [-0.2, 0) is 0 Å². The molecule has 3 fully saturated rings. The molecule has 0 saturated heterocycles. The Bertz CT molecular complexity index is 342. The van der Waals surface area contributed by atoms with Crippen LogP contribution < -0.4 is 0 Å². The molecule has 0 spiro atoms. The van der Waals surface area contributed by atoms with E-state index in [9.17, 15) is 0 Å². The zero-order valence-electron chi connectivity index (χ0n) is 13.3. The van der Waals surface area contributed by atoms with Gasteiger partial charge >= 0.3 is 0 Å². The van der Waals surface area contributed by atoms with Gasteiger partial charge in [-0.05, 0) is 77.0 Å². The quantitative estimate of drug-likeness (QED) is 0.657. The minimum atomic E-state index is 0.603. The fourth-order valence-electron chi connectivity index (χ4n) is 3.76. The molecule has 20 heavy (non-hydrogen) atoms. The maximum atomic E-state index is 5.00. The molecule has 3 saturated carbocycles. The van der Waals surface area contributed by atoms with E-state index in [0.717, 1.165) is 11.8 Å². The van der Waals surface area contributed by atoms with E-state index in [1.54, 1.807) is 0 Å². The minimum Gasteiger partial charge on any atom is -0.291 e. The predicted octanol–water partition coefficient (Wildman–Crippen LogP) is 4.82.